The Hall–Kier alpha value is -5.53. The molecule has 2 saturated carbocycles. The van der Waals surface area contributed by atoms with Crippen LogP contribution in [-0.4, -0.2) is 129 Å². The number of aromatic nitrogens is 4. The molecule has 2 aliphatic carbocycles. The number of anilines is 1. The molecule has 2 aromatic heterocycles. The molecule has 0 radical (unpaired) electrons. The van der Waals surface area contributed by atoms with Gasteiger partial charge in [0.1, 0.15) is 17.6 Å². The van der Waals surface area contributed by atoms with Crippen LogP contribution in [0.4, 0.5) is 14.6 Å². The van der Waals surface area contributed by atoms with Crippen LogP contribution < -0.4 is 32.7 Å². The smallest absolute Gasteiger partial charge is 0.329 e. The van der Waals surface area contributed by atoms with E-state index in [-0.39, 0.29) is 53.3 Å². The third-order valence-electron chi connectivity index (χ3n) is 15.0. The van der Waals surface area contributed by atoms with Crippen molar-refractivity contribution < 1.29 is 27.9 Å². The molecule has 348 valence electrons. The fraction of sp³-hybridized carbons (Fsp3) is 0.587. The average Bonchev–Trinajstić information content (AvgIpc) is 4.00. The van der Waals surface area contributed by atoms with Gasteiger partial charge >= 0.3 is 5.69 Å². The van der Waals surface area contributed by atoms with Gasteiger partial charge in [0.25, 0.3) is 12.3 Å². The number of aryl methyl sites for hydroxylation is 1. The van der Waals surface area contributed by atoms with Gasteiger partial charge in [0, 0.05) is 77.4 Å². The summed E-state index contributed by atoms with van der Waals surface area (Å²) in [5.74, 6) is 0.604. The highest BCUT2D eigenvalue weighted by Crippen LogP contribution is 2.46. The molecule has 6 heterocycles. The molecule has 6 aliphatic rings. The third-order valence-corrected chi connectivity index (χ3v) is 15.0. The van der Waals surface area contributed by atoms with E-state index in [1.54, 1.807) is 28.4 Å². The number of nitrogens with one attached hydrogen (secondary N) is 2. The number of fused-ring (bicyclic) bond motifs is 3. The van der Waals surface area contributed by atoms with Crippen molar-refractivity contribution >= 4 is 46.4 Å². The molecule has 65 heavy (non-hydrogen) atoms. The molecule has 6 fully saturated rings. The number of morpholine rings is 1. The van der Waals surface area contributed by atoms with Crippen molar-refractivity contribution in [3.05, 3.63) is 69.9 Å². The van der Waals surface area contributed by atoms with E-state index in [2.05, 4.69) is 53.3 Å². The lowest BCUT2D eigenvalue weighted by Gasteiger charge is -2.47. The third kappa shape index (κ3) is 9.06. The predicted octanol–water partition coefficient (Wildman–Crippen LogP) is 2.77. The summed E-state index contributed by atoms with van der Waals surface area (Å²) in [7, 11) is 1.77. The number of allylic oxidation sites excluding steroid dienone is 2. The number of imide groups is 1. The number of piperidine rings is 1. The molecule has 0 spiro atoms. The number of hydrogen-bond acceptors (Lipinski definition) is 13. The normalized spacial score (nSPS) is 28.8. The van der Waals surface area contributed by atoms with Crippen LogP contribution in [-0.2, 0) is 26.2 Å². The van der Waals surface area contributed by atoms with Gasteiger partial charge in [-0.05, 0) is 93.7 Å². The number of amides is 3. The van der Waals surface area contributed by atoms with Gasteiger partial charge in [-0.2, -0.15) is 0 Å². The molecule has 6 N–H and O–H groups in total. The van der Waals surface area contributed by atoms with Crippen LogP contribution in [0.25, 0.3) is 16.6 Å². The van der Waals surface area contributed by atoms with Crippen molar-refractivity contribution in [2.45, 2.75) is 107 Å². The largest absolute Gasteiger partial charge is 0.404 e. The second kappa shape index (κ2) is 18.8. The summed E-state index contributed by atoms with van der Waals surface area (Å²) in [6.45, 7) is 8.64. The second-order valence-electron chi connectivity index (χ2n) is 18.8. The Balaban J connectivity index is 0.735. The van der Waals surface area contributed by atoms with Crippen LogP contribution in [0.15, 0.2) is 57.8 Å². The molecule has 3 aromatic rings. The molecule has 4 aliphatic heterocycles. The van der Waals surface area contributed by atoms with Crippen LogP contribution in [0.2, 0.25) is 0 Å². The van der Waals surface area contributed by atoms with E-state index in [0.29, 0.717) is 49.2 Å². The lowest BCUT2D eigenvalue weighted by atomic mass is 9.68. The number of hydrogen-bond donors (Lipinski definition) is 4. The number of para-hydroxylation sites is 1. The van der Waals surface area contributed by atoms with Crippen molar-refractivity contribution in [1.82, 2.24) is 39.5 Å². The minimum Gasteiger partial charge on any atom is -0.404 e. The van der Waals surface area contributed by atoms with Gasteiger partial charge in [0.2, 0.25) is 11.8 Å². The van der Waals surface area contributed by atoms with Crippen molar-refractivity contribution in [2.24, 2.45) is 35.3 Å². The summed E-state index contributed by atoms with van der Waals surface area (Å²) in [4.78, 5) is 72.2. The standard InChI is InChI=1S/C46H60F2N12O5/c1-26(28-18-29(19-28)33-4-3-5-36-41(33)56(2)46(64)60(36)37-10-11-39(61)55-45(37)63)58-16-14-57(15-17-58)23-27-6-8-30(9-7-27)52-22-35(40(50)42(47)48)53-44(62)34(21-49)43-51-13-12-38(54-43)59-24-32-20-31(59)25-65-32/h3-5,12-13,21-22,26-32,37,42H,6-11,14-20,23-25,49-50H2,1-2H3,(H,53,62)(H,55,61,63)/t26-,27?,28?,29?,30?,31?,32+,37?/m0/s1. The van der Waals surface area contributed by atoms with Crippen molar-refractivity contribution in [2.75, 3.05) is 50.8 Å². The van der Waals surface area contributed by atoms with E-state index >= 15 is 0 Å². The van der Waals surface area contributed by atoms with Crippen LogP contribution >= 0.6 is 0 Å². The molecule has 1 aromatic carbocycles. The zero-order valence-corrected chi connectivity index (χ0v) is 37.1. The topological polar surface area (TPSA) is 211 Å². The van der Waals surface area contributed by atoms with Crippen LogP contribution in [0.3, 0.4) is 0 Å². The van der Waals surface area contributed by atoms with Gasteiger partial charge in [-0.3, -0.25) is 38.7 Å². The van der Waals surface area contributed by atoms with E-state index in [0.717, 1.165) is 100 Å². The number of aliphatic imine (C=N–C) groups is 1. The van der Waals surface area contributed by atoms with Gasteiger partial charge in [0.05, 0.1) is 47.1 Å². The Morgan fingerprint density at radius 2 is 1.83 bits per heavy atom. The fourth-order valence-corrected chi connectivity index (χ4v) is 11.1. The maximum atomic E-state index is 13.9. The quantitative estimate of drug-likeness (QED) is 0.111. The molecular formula is C46H60F2N12O5. The SMILES string of the molecule is C[C@@H](C1CC(c2cccc3c2n(C)c(=O)n3C2CCC(=O)NC2=O)C1)N1CCN(CC2CCC(N=CC(NC(=O)C(=CN)c3nccc(N4C[C@H]5CC4CO5)n3)=C(N)C(F)F)CC2)CC1. The number of benzene rings is 1. The molecule has 4 saturated heterocycles. The summed E-state index contributed by atoms with van der Waals surface area (Å²) in [6, 6.07) is 7.59. The highest BCUT2D eigenvalue weighted by Gasteiger charge is 2.41. The number of halogens is 2. The van der Waals surface area contributed by atoms with E-state index in [4.69, 9.17) is 16.2 Å². The number of rotatable bonds is 13. The monoisotopic (exact) mass is 898 g/mol. The summed E-state index contributed by atoms with van der Waals surface area (Å²) in [5.41, 5.74) is 13.1. The number of alkyl halides is 2. The molecule has 17 nitrogen and oxygen atoms in total. The first kappa shape index (κ1) is 44.7. The maximum absolute atomic E-state index is 13.9. The molecule has 9 rings (SSSR count). The van der Waals surface area contributed by atoms with Crippen molar-refractivity contribution in [1.29, 1.82) is 0 Å². The number of nitrogens with two attached hydrogens (primary N) is 2. The van der Waals surface area contributed by atoms with Gasteiger partial charge in [-0.1, -0.05) is 12.1 Å². The number of imidazole rings is 1. The minimum absolute atomic E-state index is 0.0723. The average molecular weight is 899 g/mol. The second-order valence-corrected chi connectivity index (χ2v) is 18.8. The zero-order valence-electron chi connectivity index (χ0n) is 37.1. The number of carbonyl (C=O) groups excluding carboxylic acids is 3. The van der Waals surface area contributed by atoms with E-state index < -0.39 is 30.0 Å². The molecule has 19 heteroatoms. The number of piperazine rings is 1. The van der Waals surface area contributed by atoms with Crippen molar-refractivity contribution in [3.8, 4) is 0 Å². The Morgan fingerprint density at radius 3 is 2.51 bits per heavy atom. The van der Waals surface area contributed by atoms with Crippen LogP contribution in [0.5, 0.6) is 0 Å². The Labute approximate surface area is 376 Å². The molecule has 2 bridgehead atoms. The van der Waals surface area contributed by atoms with Gasteiger partial charge in [-0.15, -0.1) is 0 Å². The van der Waals surface area contributed by atoms with E-state index in [1.807, 2.05) is 12.1 Å². The molecule has 3 amide bonds. The Kier molecular flexibility index (Phi) is 12.9. The van der Waals surface area contributed by atoms with Gasteiger partial charge in [0.15, 0.2) is 5.82 Å². The summed E-state index contributed by atoms with van der Waals surface area (Å²) >= 11 is 0. The summed E-state index contributed by atoms with van der Waals surface area (Å²) in [5, 5.41) is 4.90. The minimum atomic E-state index is -3.01. The highest BCUT2D eigenvalue weighted by molar-refractivity contribution is 6.19. The number of ether oxygens (including phenoxy) is 1. The molecular weight excluding hydrogens is 839 g/mol. The first-order chi connectivity index (χ1) is 31.4. The maximum Gasteiger partial charge on any atom is 0.329 e. The van der Waals surface area contributed by atoms with E-state index in [1.165, 1.54) is 6.21 Å². The van der Waals surface area contributed by atoms with Gasteiger partial charge < -0.3 is 31.3 Å². The summed E-state index contributed by atoms with van der Waals surface area (Å²) < 4.78 is 36.7. The fourth-order valence-electron chi connectivity index (χ4n) is 11.1. The number of nitrogens with zero attached hydrogens (tertiary/aromatic N) is 8. The lowest BCUT2D eigenvalue weighted by molar-refractivity contribution is -0.135. The molecule has 4 atom stereocenters. The Morgan fingerprint density at radius 1 is 1.06 bits per heavy atom. The predicted molar refractivity (Wildman–Crippen MR) is 241 cm³/mol. The first-order valence-electron chi connectivity index (χ1n) is 23.1. The van der Waals surface area contributed by atoms with Gasteiger partial charge in [-0.25, -0.2) is 23.5 Å². The Bertz CT molecular complexity index is 2450. The molecule has 2 unspecified atom stereocenters. The van der Waals surface area contributed by atoms with Crippen LogP contribution in [0, 0.1) is 11.8 Å². The zero-order chi connectivity index (χ0) is 45.5. The van der Waals surface area contributed by atoms with E-state index in [9.17, 15) is 28.0 Å². The van der Waals surface area contributed by atoms with Crippen LogP contribution in [0.1, 0.15) is 88.1 Å². The van der Waals surface area contributed by atoms with Crippen molar-refractivity contribution in [3.63, 3.8) is 0 Å². The first-order valence-corrected chi connectivity index (χ1v) is 23.1. The number of carbonyl (C=O) groups is 3. The summed E-state index contributed by atoms with van der Waals surface area (Å²) in [6.07, 6.45) is 8.03. The lowest BCUT2D eigenvalue weighted by Crippen LogP contribution is -2.53. The highest BCUT2D eigenvalue weighted by atomic mass is 19.3.